The van der Waals surface area contributed by atoms with Crippen molar-refractivity contribution in [1.82, 2.24) is 19.8 Å². The Kier molecular flexibility index (Phi) is 5.54. The molecule has 31 heavy (non-hydrogen) atoms. The first-order chi connectivity index (χ1) is 15.0. The fourth-order valence-corrected chi connectivity index (χ4v) is 6.39. The van der Waals surface area contributed by atoms with Crippen molar-refractivity contribution in [3.8, 4) is 0 Å². The molecule has 8 heteroatoms. The molecule has 0 N–H and O–H groups in total. The van der Waals surface area contributed by atoms with Gasteiger partial charge in [0.1, 0.15) is 15.7 Å². The van der Waals surface area contributed by atoms with Gasteiger partial charge in [-0.25, -0.2) is 9.97 Å². The van der Waals surface area contributed by atoms with E-state index >= 15 is 0 Å². The first-order valence-corrected chi connectivity index (χ1v) is 12.4. The van der Waals surface area contributed by atoms with Gasteiger partial charge in [-0.2, -0.15) is 0 Å². The summed E-state index contributed by atoms with van der Waals surface area (Å²) >= 11 is 3.32. The molecular formula is C23H24N4O2S2. The van der Waals surface area contributed by atoms with Crippen molar-refractivity contribution >= 4 is 45.1 Å². The van der Waals surface area contributed by atoms with Gasteiger partial charge in [0.15, 0.2) is 0 Å². The van der Waals surface area contributed by atoms with Crippen LogP contribution in [0.3, 0.4) is 0 Å². The standard InChI is InChI=1S/C23H24N4O2S2/c1-14-15(2)31-21-19(14)20(24-18(25-21)13-26-9-5-6-10-26)30-12-11-27-22(28)16-7-3-4-8-17(16)23(27)29/h3-4,7-8H,5-6,9-13H2,1-2H3. The van der Waals surface area contributed by atoms with Crippen LogP contribution in [-0.4, -0.2) is 57.0 Å². The Morgan fingerprint density at radius 2 is 1.71 bits per heavy atom. The molecule has 2 aromatic heterocycles. The average Bonchev–Trinajstić information content (AvgIpc) is 3.43. The van der Waals surface area contributed by atoms with Crippen LogP contribution in [0.4, 0.5) is 0 Å². The summed E-state index contributed by atoms with van der Waals surface area (Å²) in [6, 6.07) is 7.03. The van der Waals surface area contributed by atoms with Gasteiger partial charge in [0.05, 0.1) is 17.7 Å². The maximum absolute atomic E-state index is 12.6. The van der Waals surface area contributed by atoms with Crippen LogP contribution < -0.4 is 0 Å². The van der Waals surface area contributed by atoms with Crippen LogP contribution in [0.2, 0.25) is 0 Å². The summed E-state index contributed by atoms with van der Waals surface area (Å²) in [5.41, 5.74) is 2.22. The first-order valence-electron chi connectivity index (χ1n) is 10.6. The number of thiophene rings is 1. The van der Waals surface area contributed by atoms with Crippen LogP contribution in [0.15, 0.2) is 29.3 Å². The summed E-state index contributed by atoms with van der Waals surface area (Å²) in [5.74, 6) is 1.06. The van der Waals surface area contributed by atoms with Crippen molar-refractivity contribution in [1.29, 1.82) is 0 Å². The number of imide groups is 1. The predicted octanol–water partition coefficient (Wildman–Crippen LogP) is 4.29. The van der Waals surface area contributed by atoms with Crippen LogP contribution in [0, 0.1) is 13.8 Å². The molecule has 1 fully saturated rings. The number of benzene rings is 1. The molecular weight excluding hydrogens is 428 g/mol. The molecule has 5 rings (SSSR count). The Labute approximate surface area is 189 Å². The van der Waals surface area contributed by atoms with Gasteiger partial charge in [-0.05, 0) is 57.5 Å². The van der Waals surface area contributed by atoms with Crippen molar-refractivity contribution in [2.75, 3.05) is 25.4 Å². The molecule has 1 saturated heterocycles. The van der Waals surface area contributed by atoms with Crippen molar-refractivity contribution in [3.05, 3.63) is 51.7 Å². The minimum Gasteiger partial charge on any atom is -0.296 e. The lowest BCUT2D eigenvalue weighted by Gasteiger charge is -2.15. The third kappa shape index (κ3) is 3.77. The summed E-state index contributed by atoms with van der Waals surface area (Å²) < 4.78 is 0. The molecule has 2 amide bonds. The van der Waals surface area contributed by atoms with Gasteiger partial charge in [0, 0.05) is 22.6 Å². The lowest BCUT2D eigenvalue weighted by Crippen LogP contribution is -2.31. The van der Waals surface area contributed by atoms with Gasteiger partial charge in [0.2, 0.25) is 0 Å². The van der Waals surface area contributed by atoms with Gasteiger partial charge in [-0.1, -0.05) is 12.1 Å². The van der Waals surface area contributed by atoms with Gasteiger partial charge >= 0.3 is 0 Å². The molecule has 6 nitrogen and oxygen atoms in total. The topological polar surface area (TPSA) is 66.4 Å². The maximum atomic E-state index is 12.6. The average molecular weight is 453 g/mol. The lowest BCUT2D eigenvalue weighted by molar-refractivity contribution is 0.0664. The highest BCUT2D eigenvalue weighted by Crippen LogP contribution is 2.35. The van der Waals surface area contributed by atoms with Crippen molar-refractivity contribution < 1.29 is 9.59 Å². The number of fused-ring (bicyclic) bond motifs is 2. The van der Waals surface area contributed by atoms with Crippen molar-refractivity contribution in [2.45, 2.75) is 38.3 Å². The first kappa shape index (κ1) is 20.6. The molecule has 0 radical (unpaired) electrons. The van der Waals surface area contributed by atoms with Crippen LogP contribution in [0.25, 0.3) is 10.2 Å². The number of carbonyl (C=O) groups excluding carboxylic acids is 2. The maximum Gasteiger partial charge on any atom is 0.261 e. The molecule has 2 aliphatic heterocycles. The molecule has 0 aliphatic carbocycles. The van der Waals surface area contributed by atoms with Crippen LogP contribution >= 0.6 is 23.1 Å². The van der Waals surface area contributed by atoms with Gasteiger partial charge in [0.25, 0.3) is 11.8 Å². The smallest absolute Gasteiger partial charge is 0.261 e. The van der Waals surface area contributed by atoms with E-state index in [-0.39, 0.29) is 11.8 Å². The number of hydrogen-bond acceptors (Lipinski definition) is 7. The Balaban J connectivity index is 1.36. The summed E-state index contributed by atoms with van der Waals surface area (Å²) in [5, 5.41) is 2.07. The zero-order valence-corrected chi connectivity index (χ0v) is 19.3. The van der Waals surface area contributed by atoms with E-state index in [0.717, 1.165) is 40.7 Å². The third-order valence-electron chi connectivity index (χ3n) is 6.04. The minimum absolute atomic E-state index is 0.202. The fraction of sp³-hybridized carbons (Fsp3) is 0.391. The largest absolute Gasteiger partial charge is 0.296 e. The second-order valence-electron chi connectivity index (χ2n) is 8.05. The van der Waals surface area contributed by atoms with E-state index < -0.39 is 0 Å². The molecule has 3 aromatic rings. The predicted molar refractivity (Wildman–Crippen MR) is 124 cm³/mol. The third-order valence-corrected chi connectivity index (χ3v) is 8.09. The summed E-state index contributed by atoms with van der Waals surface area (Å²) in [7, 11) is 0. The summed E-state index contributed by atoms with van der Waals surface area (Å²) in [6.45, 7) is 7.59. The van der Waals surface area contributed by atoms with E-state index in [0.29, 0.717) is 23.4 Å². The monoisotopic (exact) mass is 452 g/mol. The van der Waals surface area contributed by atoms with E-state index in [1.807, 2.05) is 0 Å². The number of carbonyl (C=O) groups is 2. The number of aromatic nitrogens is 2. The van der Waals surface area contributed by atoms with Crippen LogP contribution in [0.5, 0.6) is 0 Å². The second-order valence-corrected chi connectivity index (χ2v) is 10.3. The molecule has 4 heterocycles. The number of likely N-dealkylation sites (tertiary alicyclic amines) is 1. The number of hydrogen-bond donors (Lipinski definition) is 0. The number of aryl methyl sites for hydroxylation is 2. The van der Waals surface area contributed by atoms with Crippen molar-refractivity contribution in [3.63, 3.8) is 0 Å². The van der Waals surface area contributed by atoms with E-state index in [2.05, 4.69) is 18.7 Å². The Morgan fingerprint density at radius 1 is 1.03 bits per heavy atom. The highest BCUT2D eigenvalue weighted by molar-refractivity contribution is 7.99. The zero-order chi connectivity index (χ0) is 21.5. The molecule has 0 saturated carbocycles. The van der Waals surface area contributed by atoms with Crippen molar-refractivity contribution in [2.24, 2.45) is 0 Å². The molecule has 0 unspecified atom stereocenters. The Hall–Kier alpha value is -2.29. The van der Waals surface area contributed by atoms with Gasteiger partial charge < -0.3 is 0 Å². The molecule has 2 aliphatic rings. The zero-order valence-electron chi connectivity index (χ0n) is 17.7. The Morgan fingerprint density at radius 3 is 2.39 bits per heavy atom. The lowest BCUT2D eigenvalue weighted by atomic mass is 10.1. The Bertz CT molecular complexity index is 1150. The molecule has 0 atom stereocenters. The van der Waals surface area contributed by atoms with E-state index in [1.54, 1.807) is 47.4 Å². The summed E-state index contributed by atoms with van der Waals surface area (Å²) in [6.07, 6.45) is 2.47. The molecule has 1 aromatic carbocycles. The molecule has 160 valence electrons. The fourth-order valence-electron chi connectivity index (χ4n) is 4.25. The van der Waals surface area contributed by atoms with Gasteiger partial charge in [-0.15, -0.1) is 23.1 Å². The quantitative estimate of drug-likeness (QED) is 0.316. The molecule has 0 spiro atoms. The SMILES string of the molecule is Cc1sc2nc(CN3CCCC3)nc(SCCN3C(=O)c4ccccc4C3=O)c2c1C. The highest BCUT2D eigenvalue weighted by Gasteiger charge is 2.34. The van der Waals surface area contributed by atoms with Gasteiger partial charge in [-0.3, -0.25) is 19.4 Å². The molecule has 0 bridgehead atoms. The van der Waals surface area contributed by atoms with E-state index in [4.69, 9.17) is 9.97 Å². The number of nitrogens with zero attached hydrogens (tertiary/aromatic N) is 4. The number of amides is 2. The highest BCUT2D eigenvalue weighted by atomic mass is 32.2. The number of thioether (sulfide) groups is 1. The van der Waals surface area contributed by atoms with Crippen LogP contribution in [-0.2, 0) is 6.54 Å². The summed E-state index contributed by atoms with van der Waals surface area (Å²) in [4.78, 5) is 41.1. The van der Waals surface area contributed by atoms with E-state index in [9.17, 15) is 9.59 Å². The normalized spacial score (nSPS) is 16.6. The van der Waals surface area contributed by atoms with E-state index in [1.165, 1.54) is 28.2 Å². The number of rotatable bonds is 6. The second kappa shape index (κ2) is 8.33. The van der Waals surface area contributed by atoms with Crippen LogP contribution in [0.1, 0.15) is 49.8 Å². The minimum atomic E-state index is -0.202.